The summed E-state index contributed by atoms with van der Waals surface area (Å²) in [6.07, 6.45) is 2.40. The van der Waals surface area contributed by atoms with Crippen LogP contribution in [-0.2, 0) is 0 Å². The van der Waals surface area contributed by atoms with Crippen LogP contribution in [-0.4, -0.2) is 15.8 Å². The monoisotopic (exact) mass is 365 g/mol. The third-order valence-electron chi connectivity index (χ3n) is 4.25. The predicted molar refractivity (Wildman–Crippen MR) is 100 cm³/mol. The summed E-state index contributed by atoms with van der Waals surface area (Å²) in [5, 5.41) is 21.5. The molecule has 27 heavy (non-hydrogen) atoms. The number of nitro benzene ring substituents is 1. The highest BCUT2D eigenvalue weighted by Gasteiger charge is 2.19. The van der Waals surface area contributed by atoms with E-state index in [-0.39, 0.29) is 16.7 Å². The van der Waals surface area contributed by atoms with Crippen molar-refractivity contribution in [2.45, 2.75) is 13.8 Å². The first-order valence-electron chi connectivity index (χ1n) is 8.02. The number of aryl methyl sites for hydroxylation is 2. The van der Waals surface area contributed by atoms with Crippen LogP contribution in [0, 0.1) is 24.0 Å². The molecule has 0 unspecified atom stereocenters. The molecule has 0 fully saturated rings. The maximum atomic E-state index is 12.4. The molecule has 0 aliphatic heterocycles. The number of benzene rings is 2. The van der Waals surface area contributed by atoms with Crippen LogP contribution in [0.25, 0.3) is 17.0 Å². The maximum absolute atomic E-state index is 12.4. The summed E-state index contributed by atoms with van der Waals surface area (Å²) in [7, 11) is 0. The number of carbonyl (C=O) groups is 1. The Labute approximate surface area is 153 Å². The lowest BCUT2D eigenvalue weighted by Gasteiger charge is -2.07. The minimum absolute atomic E-state index is 0.122. The molecule has 3 rings (SSSR count). The zero-order valence-electron chi connectivity index (χ0n) is 14.6. The third kappa shape index (κ3) is 3.48. The molecular weight excluding hydrogens is 350 g/mol. The molecule has 3 aromatic rings. The molecule has 1 N–H and O–H groups in total. The maximum Gasteiger partial charge on any atom is 0.351 e. The number of aromatic hydroxyl groups is 1. The summed E-state index contributed by atoms with van der Waals surface area (Å²) in [5.41, 5.74) is 0.813. The van der Waals surface area contributed by atoms with Gasteiger partial charge in [-0.05, 0) is 48.7 Å². The zero-order valence-corrected chi connectivity index (χ0v) is 14.6. The van der Waals surface area contributed by atoms with Gasteiger partial charge < -0.3 is 9.52 Å². The van der Waals surface area contributed by atoms with Crippen molar-refractivity contribution in [1.29, 1.82) is 0 Å². The summed E-state index contributed by atoms with van der Waals surface area (Å²) >= 11 is 0. The Morgan fingerprint density at radius 2 is 1.89 bits per heavy atom. The largest absolute Gasteiger partial charge is 0.506 e. The number of rotatable bonds is 4. The van der Waals surface area contributed by atoms with E-state index >= 15 is 0 Å². The van der Waals surface area contributed by atoms with Crippen LogP contribution in [0.15, 0.2) is 51.7 Å². The van der Waals surface area contributed by atoms with Crippen molar-refractivity contribution in [2.75, 3.05) is 0 Å². The van der Waals surface area contributed by atoms with Crippen LogP contribution >= 0.6 is 0 Å². The quantitative estimate of drug-likeness (QED) is 0.247. The molecule has 1 aromatic heterocycles. The van der Waals surface area contributed by atoms with Gasteiger partial charge in [0.2, 0.25) is 0 Å². The number of allylic oxidation sites excluding steroid dienone is 1. The Morgan fingerprint density at radius 1 is 1.19 bits per heavy atom. The number of nitro groups is 1. The van der Waals surface area contributed by atoms with Crippen LogP contribution in [0.3, 0.4) is 0 Å². The van der Waals surface area contributed by atoms with Crippen LogP contribution < -0.4 is 5.63 Å². The topological polar surface area (TPSA) is 111 Å². The van der Waals surface area contributed by atoms with E-state index in [4.69, 9.17) is 4.42 Å². The van der Waals surface area contributed by atoms with Crippen molar-refractivity contribution in [3.63, 3.8) is 0 Å². The molecule has 0 atom stereocenters. The highest BCUT2D eigenvalue weighted by molar-refractivity contribution is 6.10. The van der Waals surface area contributed by atoms with E-state index in [9.17, 15) is 24.8 Å². The summed E-state index contributed by atoms with van der Waals surface area (Å²) in [6, 6.07) is 8.94. The number of hydrogen-bond donors (Lipinski definition) is 1. The van der Waals surface area contributed by atoms with Gasteiger partial charge in [0.1, 0.15) is 16.9 Å². The summed E-state index contributed by atoms with van der Waals surface area (Å²) < 4.78 is 5.17. The molecule has 2 aromatic carbocycles. The van der Waals surface area contributed by atoms with Crippen molar-refractivity contribution in [2.24, 2.45) is 0 Å². The number of nitrogens with zero attached hydrogens (tertiary/aromatic N) is 1. The second-order valence-electron chi connectivity index (χ2n) is 6.10. The smallest absolute Gasteiger partial charge is 0.351 e. The van der Waals surface area contributed by atoms with E-state index in [0.29, 0.717) is 5.56 Å². The van der Waals surface area contributed by atoms with E-state index in [2.05, 4.69) is 0 Å². The predicted octanol–water partition coefficient (Wildman–Crippen LogP) is 3.92. The van der Waals surface area contributed by atoms with Gasteiger partial charge >= 0.3 is 5.63 Å². The number of carbonyl (C=O) groups excluding carboxylic acids is 1. The fraction of sp³-hybridized carbons (Fsp3) is 0.100. The first-order chi connectivity index (χ1) is 12.8. The summed E-state index contributed by atoms with van der Waals surface area (Å²) in [6.45, 7) is 3.68. The molecule has 0 bridgehead atoms. The average Bonchev–Trinajstić information content (AvgIpc) is 2.62. The van der Waals surface area contributed by atoms with E-state index in [1.807, 2.05) is 13.8 Å². The van der Waals surface area contributed by atoms with Gasteiger partial charge in [0, 0.05) is 12.1 Å². The molecule has 7 nitrogen and oxygen atoms in total. The molecule has 136 valence electrons. The Kier molecular flexibility index (Phi) is 4.60. The van der Waals surface area contributed by atoms with Crippen LogP contribution in [0.5, 0.6) is 5.75 Å². The van der Waals surface area contributed by atoms with Gasteiger partial charge in [-0.2, -0.15) is 0 Å². The standard InChI is InChI=1S/C20H15NO6/c1-11-8-15-17(9-12(11)2)27-20(24)18(19(15)23)16(22)7-6-13-4-3-5-14(10-13)21(25)26/h3-10,23H,1-2H3/b7-6+. The van der Waals surface area contributed by atoms with Gasteiger partial charge in [-0.25, -0.2) is 4.79 Å². The van der Waals surface area contributed by atoms with Gasteiger partial charge in [0.25, 0.3) is 5.69 Å². The molecule has 0 aliphatic rings. The van der Waals surface area contributed by atoms with E-state index in [1.54, 1.807) is 18.2 Å². The van der Waals surface area contributed by atoms with Crippen LogP contribution in [0.2, 0.25) is 0 Å². The van der Waals surface area contributed by atoms with Crippen molar-refractivity contribution >= 4 is 28.5 Å². The minimum Gasteiger partial charge on any atom is -0.506 e. The highest BCUT2D eigenvalue weighted by atomic mass is 16.6. The lowest BCUT2D eigenvalue weighted by molar-refractivity contribution is -0.384. The lowest BCUT2D eigenvalue weighted by Crippen LogP contribution is -2.13. The fourth-order valence-electron chi connectivity index (χ4n) is 2.66. The van der Waals surface area contributed by atoms with Crippen molar-refractivity contribution in [3.8, 4) is 5.75 Å². The normalized spacial score (nSPS) is 11.2. The van der Waals surface area contributed by atoms with Crippen molar-refractivity contribution < 1.29 is 19.2 Å². The number of ketones is 1. The van der Waals surface area contributed by atoms with Gasteiger partial charge in [-0.3, -0.25) is 14.9 Å². The summed E-state index contributed by atoms with van der Waals surface area (Å²) in [4.78, 5) is 34.9. The Hall–Kier alpha value is -3.74. The van der Waals surface area contributed by atoms with Gasteiger partial charge in [-0.1, -0.05) is 18.2 Å². The first kappa shape index (κ1) is 18.1. The average molecular weight is 365 g/mol. The Balaban J connectivity index is 2.03. The molecule has 1 heterocycles. The fourth-order valence-corrected chi connectivity index (χ4v) is 2.66. The molecule has 7 heteroatoms. The Bertz CT molecular complexity index is 1170. The first-order valence-corrected chi connectivity index (χ1v) is 8.02. The highest BCUT2D eigenvalue weighted by Crippen LogP contribution is 2.29. The molecule has 0 aliphatic carbocycles. The zero-order chi connectivity index (χ0) is 19.7. The molecule has 0 saturated heterocycles. The molecular formula is C20H15NO6. The van der Waals surface area contributed by atoms with E-state index < -0.39 is 27.6 Å². The van der Waals surface area contributed by atoms with E-state index in [1.165, 1.54) is 24.3 Å². The van der Waals surface area contributed by atoms with E-state index in [0.717, 1.165) is 17.2 Å². The van der Waals surface area contributed by atoms with Crippen LogP contribution in [0.1, 0.15) is 27.0 Å². The summed E-state index contributed by atoms with van der Waals surface area (Å²) in [5.74, 6) is -1.20. The number of hydrogen-bond acceptors (Lipinski definition) is 6. The van der Waals surface area contributed by atoms with Crippen LogP contribution in [0.4, 0.5) is 5.69 Å². The lowest BCUT2D eigenvalue weighted by atomic mass is 10.0. The second-order valence-corrected chi connectivity index (χ2v) is 6.10. The molecule has 0 spiro atoms. The van der Waals surface area contributed by atoms with Crippen molar-refractivity contribution in [1.82, 2.24) is 0 Å². The SMILES string of the molecule is Cc1cc2oc(=O)c(C(=O)/C=C/c3cccc([N+](=O)[O-])c3)c(O)c2cc1C. The molecule has 0 saturated carbocycles. The number of fused-ring (bicyclic) bond motifs is 1. The minimum atomic E-state index is -0.947. The third-order valence-corrected chi connectivity index (χ3v) is 4.25. The second kappa shape index (κ2) is 6.87. The van der Waals surface area contributed by atoms with Crippen molar-refractivity contribution in [3.05, 3.63) is 85.3 Å². The van der Waals surface area contributed by atoms with Gasteiger partial charge in [0.15, 0.2) is 5.78 Å². The van der Waals surface area contributed by atoms with Gasteiger partial charge in [0.05, 0.1) is 10.3 Å². The molecule has 0 amide bonds. The number of non-ortho nitro benzene ring substituents is 1. The Morgan fingerprint density at radius 3 is 2.59 bits per heavy atom. The van der Waals surface area contributed by atoms with Gasteiger partial charge in [-0.15, -0.1) is 0 Å². The molecule has 0 radical (unpaired) electrons.